The molecule has 4 nitrogen and oxygen atoms in total. The van der Waals surface area contributed by atoms with E-state index in [4.69, 9.17) is 0 Å². The fourth-order valence-electron chi connectivity index (χ4n) is 2.88. The van der Waals surface area contributed by atoms with Gasteiger partial charge in [-0.2, -0.15) is 0 Å². The van der Waals surface area contributed by atoms with Gasteiger partial charge in [0.1, 0.15) is 0 Å². The van der Waals surface area contributed by atoms with Crippen molar-refractivity contribution in [2.75, 3.05) is 31.5 Å². The number of hydrogen-bond acceptors (Lipinski definition) is 3. The van der Waals surface area contributed by atoms with Gasteiger partial charge in [0.15, 0.2) is 0 Å². The molecule has 2 rings (SSSR count). The van der Waals surface area contributed by atoms with Crippen LogP contribution in [0.2, 0.25) is 0 Å². The Labute approximate surface area is 127 Å². The predicted octanol–water partition coefficient (Wildman–Crippen LogP) is 2.32. The van der Waals surface area contributed by atoms with Crippen molar-refractivity contribution >= 4 is 11.6 Å². The number of benzene rings is 1. The van der Waals surface area contributed by atoms with E-state index in [1.807, 2.05) is 19.1 Å². The molecule has 4 heteroatoms. The van der Waals surface area contributed by atoms with Gasteiger partial charge in [0, 0.05) is 18.3 Å². The first-order valence-electron chi connectivity index (χ1n) is 7.91. The lowest BCUT2D eigenvalue weighted by Gasteiger charge is -2.23. The number of carbonyl (C=O) groups excluding carboxylic acids is 1. The van der Waals surface area contributed by atoms with E-state index in [1.165, 1.54) is 18.4 Å². The molecule has 1 amide bonds. The van der Waals surface area contributed by atoms with Crippen LogP contribution < -0.4 is 10.6 Å². The molecule has 1 aliphatic heterocycles. The van der Waals surface area contributed by atoms with Gasteiger partial charge in [-0.05, 0) is 51.4 Å². The van der Waals surface area contributed by atoms with Gasteiger partial charge >= 0.3 is 0 Å². The number of likely N-dealkylation sites (N-methyl/N-ethyl adjacent to an activating group) is 1. The van der Waals surface area contributed by atoms with Gasteiger partial charge in [-0.25, -0.2) is 0 Å². The molecule has 0 radical (unpaired) electrons. The van der Waals surface area contributed by atoms with Crippen molar-refractivity contribution < 1.29 is 4.79 Å². The molecule has 0 aliphatic carbocycles. The molecular formula is C17H27N3O. The molecule has 0 aromatic heterocycles. The van der Waals surface area contributed by atoms with Gasteiger partial charge in [0.25, 0.3) is 0 Å². The highest BCUT2D eigenvalue weighted by Crippen LogP contribution is 2.16. The van der Waals surface area contributed by atoms with E-state index in [0.717, 1.165) is 30.9 Å². The minimum Gasteiger partial charge on any atom is -0.325 e. The number of amides is 1. The number of hydrogen-bond donors (Lipinski definition) is 2. The minimum absolute atomic E-state index is 0.0711. The van der Waals surface area contributed by atoms with Crippen molar-refractivity contribution in [3.05, 3.63) is 29.3 Å². The van der Waals surface area contributed by atoms with Crippen LogP contribution in [0, 0.1) is 13.8 Å². The summed E-state index contributed by atoms with van der Waals surface area (Å²) in [5, 5.41) is 6.51. The van der Waals surface area contributed by atoms with E-state index in [9.17, 15) is 4.79 Å². The Bertz CT molecular complexity index is 481. The molecule has 1 unspecified atom stereocenters. The average Bonchev–Trinajstić information content (AvgIpc) is 2.94. The smallest absolute Gasteiger partial charge is 0.238 e. The van der Waals surface area contributed by atoms with E-state index >= 15 is 0 Å². The van der Waals surface area contributed by atoms with Crippen LogP contribution in [0.15, 0.2) is 18.2 Å². The number of anilines is 1. The van der Waals surface area contributed by atoms with Gasteiger partial charge in [-0.1, -0.05) is 24.6 Å². The molecule has 0 bridgehead atoms. The van der Waals surface area contributed by atoms with Crippen LogP contribution in [0.25, 0.3) is 0 Å². The fraction of sp³-hybridized carbons (Fsp3) is 0.588. The van der Waals surface area contributed by atoms with Gasteiger partial charge < -0.3 is 10.6 Å². The predicted molar refractivity (Wildman–Crippen MR) is 87.7 cm³/mol. The number of rotatable bonds is 6. The maximum absolute atomic E-state index is 12.2. The monoisotopic (exact) mass is 289 g/mol. The Kier molecular flexibility index (Phi) is 5.76. The van der Waals surface area contributed by atoms with Crippen LogP contribution in [0.1, 0.15) is 30.9 Å². The van der Waals surface area contributed by atoms with E-state index < -0.39 is 0 Å². The molecular weight excluding hydrogens is 262 g/mol. The molecule has 1 aromatic carbocycles. The Hall–Kier alpha value is -1.39. The summed E-state index contributed by atoms with van der Waals surface area (Å²) >= 11 is 0. The van der Waals surface area contributed by atoms with Crippen LogP contribution in [0.3, 0.4) is 0 Å². The Balaban J connectivity index is 1.86. The summed E-state index contributed by atoms with van der Waals surface area (Å²) in [6.45, 7) is 9.63. The molecule has 1 heterocycles. The second-order valence-electron chi connectivity index (χ2n) is 5.99. The number of nitrogens with zero attached hydrogens (tertiary/aromatic N) is 1. The van der Waals surface area contributed by atoms with Crippen LogP contribution in [-0.4, -0.2) is 43.0 Å². The lowest BCUT2D eigenvalue weighted by Crippen LogP contribution is -2.41. The van der Waals surface area contributed by atoms with Crippen molar-refractivity contribution in [1.82, 2.24) is 10.2 Å². The SMILES string of the molecule is CCN(CC(=O)Nc1ccc(C)cc1C)CC1CCCN1. The molecule has 1 saturated heterocycles. The van der Waals surface area contributed by atoms with Crippen molar-refractivity contribution in [2.45, 2.75) is 39.7 Å². The van der Waals surface area contributed by atoms with Gasteiger partial charge in [-0.3, -0.25) is 9.69 Å². The van der Waals surface area contributed by atoms with Crippen LogP contribution in [0.4, 0.5) is 5.69 Å². The first-order valence-corrected chi connectivity index (χ1v) is 7.91. The summed E-state index contributed by atoms with van der Waals surface area (Å²) < 4.78 is 0. The van der Waals surface area contributed by atoms with Crippen molar-refractivity contribution in [3.8, 4) is 0 Å². The molecule has 1 aromatic rings. The second-order valence-corrected chi connectivity index (χ2v) is 5.99. The largest absolute Gasteiger partial charge is 0.325 e. The summed E-state index contributed by atoms with van der Waals surface area (Å²) in [6, 6.07) is 6.65. The Morgan fingerprint density at radius 1 is 1.43 bits per heavy atom. The van der Waals surface area contributed by atoms with E-state index in [1.54, 1.807) is 0 Å². The number of aryl methyl sites for hydroxylation is 2. The lowest BCUT2D eigenvalue weighted by atomic mass is 10.1. The Morgan fingerprint density at radius 2 is 2.24 bits per heavy atom. The number of carbonyl (C=O) groups is 1. The van der Waals surface area contributed by atoms with Crippen molar-refractivity contribution in [3.63, 3.8) is 0 Å². The quantitative estimate of drug-likeness (QED) is 0.845. The second kappa shape index (κ2) is 7.57. The normalized spacial score (nSPS) is 18.2. The van der Waals surface area contributed by atoms with E-state index in [-0.39, 0.29) is 5.91 Å². The van der Waals surface area contributed by atoms with E-state index in [2.05, 4.69) is 35.4 Å². The van der Waals surface area contributed by atoms with Crippen LogP contribution in [0.5, 0.6) is 0 Å². The third-order valence-corrected chi connectivity index (χ3v) is 4.11. The summed E-state index contributed by atoms with van der Waals surface area (Å²) in [7, 11) is 0. The minimum atomic E-state index is 0.0711. The zero-order chi connectivity index (χ0) is 15.2. The highest BCUT2D eigenvalue weighted by molar-refractivity contribution is 5.93. The zero-order valence-electron chi connectivity index (χ0n) is 13.4. The average molecular weight is 289 g/mol. The number of nitrogens with one attached hydrogen (secondary N) is 2. The molecule has 116 valence electrons. The van der Waals surface area contributed by atoms with E-state index in [0.29, 0.717) is 12.6 Å². The van der Waals surface area contributed by atoms with Crippen molar-refractivity contribution in [1.29, 1.82) is 0 Å². The molecule has 0 spiro atoms. The summed E-state index contributed by atoms with van der Waals surface area (Å²) in [4.78, 5) is 14.4. The Morgan fingerprint density at radius 3 is 2.86 bits per heavy atom. The molecule has 21 heavy (non-hydrogen) atoms. The van der Waals surface area contributed by atoms with Gasteiger partial charge in [0.2, 0.25) is 5.91 Å². The highest BCUT2D eigenvalue weighted by atomic mass is 16.2. The fourth-order valence-corrected chi connectivity index (χ4v) is 2.88. The van der Waals surface area contributed by atoms with Gasteiger partial charge in [-0.15, -0.1) is 0 Å². The molecule has 0 saturated carbocycles. The maximum Gasteiger partial charge on any atom is 0.238 e. The summed E-state index contributed by atoms with van der Waals surface area (Å²) in [5.41, 5.74) is 3.25. The molecule has 1 aliphatic rings. The lowest BCUT2D eigenvalue weighted by molar-refractivity contribution is -0.117. The third kappa shape index (κ3) is 4.83. The standard InChI is InChI=1S/C17H27N3O/c1-4-20(11-15-6-5-9-18-15)12-17(21)19-16-8-7-13(2)10-14(16)3/h7-8,10,15,18H,4-6,9,11-12H2,1-3H3,(H,19,21). The maximum atomic E-state index is 12.2. The first kappa shape index (κ1) is 16.0. The highest BCUT2D eigenvalue weighted by Gasteiger charge is 2.18. The molecule has 1 fully saturated rings. The van der Waals surface area contributed by atoms with Gasteiger partial charge in [0.05, 0.1) is 6.54 Å². The van der Waals surface area contributed by atoms with Crippen molar-refractivity contribution in [2.24, 2.45) is 0 Å². The van der Waals surface area contributed by atoms with Crippen LogP contribution in [-0.2, 0) is 4.79 Å². The molecule has 2 N–H and O–H groups in total. The molecule has 1 atom stereocenters. The summed E-state index contributed by atoms with van der Waals surface area (Å²) in [5.74, 6) is 0.0711. The topological polar surface area (TPSA) is 44.4 Å². The first-order chi connectivity index (χ1) is 10.1. The zero-order valence-corrected chi connectivity index (χ0v) is 13.4. The summed E-state index contributed by atoms with van der Waals surface area (Å²) in [6.07, 6.45) is 2.46. The third-order valence-electron chi connectivity index (χ3n) is 4.11. The van der Waals surface area contributed by atoms with Crippen LogP contribution >= 0.6 is 0 Å².